The van der Waals surface area contributed by atoms with Crippen LogP contribution in [0.15, 0.2) is 48.5 Å². The second-order valence-electron chi connectivity index (χ2n) is 8.53. The summed E-state index contributed by atoms with van der Waals surface area (Å²) in [6.07, 6.45) is 3.35. The minimum atomic E-state index is -0.893. The number of amides is 2. The van der Waals surface area contributed by atoms with E-state index in [-0.39, 0.29) is 24.8 Å². The summed E-state index contributed by atoms with van der Waals surface area (Å²) in [5, 5.41) is 11.6. The molecule has 0 aliphatic heterocycles. The summed E-state index contributed by atoms with van der Waals surface area (Å²) in [4.78, 5) is 36.6. The van der Waals surface area contributed by atoms with Crippen LogP contribution in [0.3, 0.4) is 0 Å². The predicted octanol–water partition coefficient (Wildman–Crippen LogP) is 4.80. The molecule has 7 nitrogen and oxygen atoms in total. The number of aliphatic carboxylic acids is 1. The van der Waals surface area contributed by atoms with Crippen LogP contribution in [0, 0.1) is 0 Å². The number of nitrogens with one attached hydrogen (secondary N) is 1. The van der Waals surface area contributed by atoms with Gasteiger partial charge in [0.25, 0.3) is 0 Å². The highest BCUT2D eigenvalue weighted by Gasteiger charge is 2.28. The topological polar surface area (TPSA) is 95.9 Å². The fraction of sp³-hybridized carbons (Fsp3) is 0.444. The SMILES string of the molecule is CCN(CCC(=O)O)C(=O)CCCCCCNC(=O)OCC1c2ccccc2-c2ccccc21. The molecule has 0 heterocycles. The lowest BCUT2D eigenvalue weighted by atomic mass is 9.98. The van der Waals surface area contributed by atoms with Gasteiger partial charge in [0.05, 0.1) is 6.42 Å². The number of alkyl carbamates (subject to hydrolysis) is 1. The van der Waals surface area contributed by atoms with Gasteiger partial charge in [0.2, 0.25) is 5.91 Å². The zero-order valence-electron chi connectivity index (χ0n) is 19.8. The number of hydrogen-bond donors (Lipinski definition) is 2. The van der Waals surface area contributed by atoms with E-state index >= 15 is 0 Å². The van der Waals surface area contributed by atoms with Crippen molar-refractivity contribution in [2.24, 2.45) is 0 Å². The lowest BCUT2D eigenvalue weighted by molar-refractivity contribution is -0.138. The summed E-state index contributed by atoms with van der Waals surface area (Å²) >= 11 is 0. The number of benzene rings is 2. The van der Waals surface area contributed by atoms with Gasteiger partial charge in [-0.3, -0.25) is 9.59 Å². The van der Waals surface area contributed by atoms with Crippen LogP contribution in [0.2, 0.25) is 0 Å². The van der Waals surface area contributed by atoms with Crippen molar-refractivity contribution >= 4 is 18.0 Å². The zero-order valence-corrected chi connectivity index (χ0v) is 19.8. The molecule has 2 aromatic rings. The molecule has 0 atom stereocenters. The quantitative estimate of drug-likeness (QED) is 0.414. The first-order chi connectivity index (χ1) is 16.5. The number of fused-ring (bicyclic) bond motifs is 3. The Hall–Kier alpha value is -3.35. The summed E-state index contributed by atoms with van der Waals surface area (Å²) in [6.45, 7) is 3.47. The Morgan fingerprint density at radius 3 is 2.15 bits per heavy atom. The van der Waals surface area contributed by atoms with Crippen molar-refractivity contribution < 1.29 is 24.2 Å². The Bertz CT molecular complexity index is 945. The number of unbranched alkanes of at least 4 members (excludes halogenated alkanes) is 3. The highest BCUT2D eigenvalue weighted by atomic mass is 16.5. The van der Waals surface area contributed by atoms with Gasteiger partial charge in [0.15, 0.2) is 0 Å². The van der Waals surface area contributed by atoms with Gasteiger partial charge in [0, 0.05) is 32.0 Å². The van der Waals surface area contributed by atoms with E-state index in [1.807, 2.05) is 31.2 Å². The number of carbonyl (C=O) groups is 3. The molecule has 1 aliphatic rings. The summed E-state index contributed by atoms with van der Waals surface area (Å²) in [7, 11) is 0. The van der Waals surface area contributed by atoms with Crippen LogP contribution in [0.5, 0.6) is 0 Å². The predicted molar refractivity (Wildman–Crippen MR) is 131 cm³/mol. The lowest BCUT2D eigenvalue weighted by Gasteiger charge is -2.19. The van der Waals surface area contributed by atoms with Crippen LogP contribution in [0.4, 0.5) is 4.79 Å². The molecule has 0 bridgehead atoms. The Morgan fingerprint density at radius 1 is 0.912 bits per heavy atom. The molecular weight excluding hydrogens is 432 g/mol. The normalized spacial score (nSPS) is 12.0. The van der Waals surface area contributed by atoms with Crippen LogP contribution in [0.25, 0.3) is 11.1 Å². The van der Waals surface area contributed by atoms with Crippen LogP contribution >= 0.6 is 0 Å². The Kier molecular flexibility index (Phi) is 9.50. The van der Waals surface area contributed by atoms with E-state index in [4.69, 9.17) is 9.84 Å². The second kappa shape index (κ2) is 12.8. The third-order valence-electron chi connectivity index (χ3n) is 6.26. The Balaban J connectivity index is 1.30. The van der Waals surface area contributed by atoms with Crippen molar-refractivity contribution in [1.29, 1.82) is 0 Å². The first kappa shape index (κ1) is 25.3. The largest absolute Gasteiger partial charge is 0.481 e. The van der Waals surface area contributed by atoms with Gasteiger partial charge in [-0.1, -0.05) is 61.4 Å². The number of hydrogen-bond acceptors (Lipinski definition) is 4. The van der Waals surface area contributed by atoms with E-state index in [1.54, 1.807) is 4.90 Å². The number of carboxylic acids is 1. The second-order valence-corrected chi connectivity index (χ2v) is 8.53. The van der Waals surface area contributed by atoms with Crippen LogP contribution in [-0.2, 0) is 14.3 Å². The summed E-state index contributed by atoms with van der Waals surface area (Å²) in [5.74, 6) is -0.843. The maximum Gasteiger partial charge on any atom is 0.407 e. The first-order valence-electron chi connectivity index (χ1n) is 12.1. The molecular formula is C27H34N2O5. The molecule has 0 saturated heterocycles. The van der Waals surface area contributed by atoms with Gasteiger partial charge in [0.1, 0.15) is 6.61 Å². The van der Waals surface area contributed by atoms with Gasteiger partial charge in [-0.25, -0.2) is 4.79 Å². The van der Waals surface area contributed by atoms with E-state index in [2.05, 4.69) is 29.6 Å². The van der Waals surface area contributed by atoms with Crippen LogP contribution in [0.1, 0.15) is 62.5 Å². The van der Waals surface area contributed by atoms with Crippen molar-refractivity contribution in [2.45, 2.75) is 51.4 Å². The van der Waals surface area contributed by atoms with Gasteiger partial charge in [-0.2, -0.15) is 0 Å². The van der Waals surface area contributed by atoms with Crippen molar-refractivity contribution in [2.75, 3.05) is 26.2 Å². The summed E-state index contributed by atoms with van der Waals surface area (Å²) < 4.78 is 5.54. The molecule has 3 rings (SSSR count). The minimum absolute atomic E-state index is 0.000475. The number of carbonyl (C=O) groups excluding carboxylic acids is 2. The smallest absolute Gasteiger partial charge is 0.407 e. The molecule has 0 saturated carbocycles. The van der Waals surface area contributed by atoms with E-state index in [0.717, 1.165) is 25.7 Å². The van der Waals surface area contributed by atoms with Crippen molar-refractivity contribution in [1.82, 2.24) is 10.2 Å². The average Bonchev–Trinajstić information content (AvgIpc) is 3.16. The van der Waals surface area contributed by atoms with Gasteiger partial charge in [-0.05, 0) is 42.0 Å². The average molecular weight is 467 g/mol. The van der Waals surface area contributed by atoms with E-state index in [0.29, 0.717) is 26.1 Å². The molecule has 182 valence electrons. The maximum absolute atomic E-state index is 12.2. The Labute approximate surface area is 201 Å². The van der Waals surface area contributed by atoms with Crippen LogP contribution < -0.4 is 5.32 Å². The number of rotatable bonds is 13. The molecule has 1 aliphatic carbocycles. The molecule has 0 aromatic heterocycles. The summed E-state index contributed by atoms with van der Waals surface area (Å²) in [6, 6.07) is 16.5. The number of ether oxygens (including phenoxy) is 1. The molecule has 2 amide bonds. The van der Waals surface area contributed by atoms with Crippen LogP contribution in [-0.4, -0.2) is 54.2 Å². The maximum atomic E-state index is 12.2. The molecule has 7 heteroatoms. The van der Waals surface area contributed by atoms with E-state index < -0.39 is 12.1 Å². The highest BCUT2D eigenvalue weighted by molar-refractivity contribution is 5.79. The molecule has 0 fully saturated rings. The van der Waals surface area contributed by atoms with Crippen molar-refractivity contribution in [3.05, 3.63) is 59.7 Å². The molecule has 0 radical (unpaired) electrons. The Morgan fingerprint density at radius 2 is 1.53 bits per heavy atom. The molecule has 0 spiro atoms. The van der Waals surface area contributed by atoms with E-state index in [9.17, 15) is 14.4 Å². The molecule has 2 aromatic carbocycles. The molecule has 0 unspecified atom stereocenters. The van der Waals surface area contributed by atoms with Crippen molar-refractivity contribution in [3.8, 4) is 11.1 Å². The molecule has 34 heavy (non-hydrogen) atoms. The zero-order chi connectivity index (χ0) is 24.3. The standard InChI is InChI=1S/C27H34N2O5/c1-2-29(18-16-26(31)32)25(30)15-5-3-4-10-17-28-27(33)34-19-24-22-13-8-6-11-20(22)21-12-7-9-14-23(21)24/h6-9,11-14,24H,2-5,10,15-19H2,1H3,(H,28,33)(H,31,32). The van der Waals surface area contributed by atoms with Gasteiger partial charge >= 0.3 is 12.1 Å². The number of carboxylic acid groups (broad SMARTS) is 1. The molecule has 2 N–H and O–H groups in total. The first-order valence-corrected chi connectivity index (χ1v) is 12.1. The fourth-order valence-corrected chi connectivity index (χ4v) is 4.44. The summed E-state index contributed by atoms with van der Waals surface area (Å²) in [5.41, 5.74) is 4.79. The van der Waals surface area contributed by atoms with Gasteiger partial charge in [-0.15, -0.1) is 0 Å². The highest BCUT2D eigenvalue weighted by Crippen LogP contribution is 2.44. The fourth-order valence-electron chi connectivity index (χ4n) is 4.44. The van der Waals surface area contributed by atoms with Crippen molar-refractivity contribution in [3.63, 3.8) is 0 Å². The third-order valence-corrected chi connectivity index (χ3v) is 6.26. The van der Waals surface area contributed by atoms with Gasteiger partial charge < -0.3 is 20.1 Å². The third kappa shape index (κ3) is 6.83. The number of nitrogens with zero attached hydrogens (tertiary/aromatic N) is 1. The minimum Gasteiger partial charge on any atom is -0.481 e. The lowest BCUT2D eigenvalue weighted by Crippen LogP contribution is -2.32. The monoisotopic (exact) mass is 466 g/mol. The van der Waals surface area contributed by atoms with E-state index in [1.165, 1.54) is 22.3 Å².